The van der Waals surface area contributed by atoms with E-state index in [-0.39, 0.29) is 4.90 Å². The minimum Gasteiger partial charge on any atom is -0.492 e. The van der Waals surface area contributed by atoms with Crippen molar-refractivity contribution in [3.8, 4) is 5.75 Å². The zero-order valence-electron chi connectivity index (χ0n) is 16.7. The van der Waals surface area contributed by atoms with Crippen LogP contribution in [0.15, 0.2) is 51.9 Å². The van der Waals surface area contributed by atoms with Crippen molar-refractivity contribution in [3.05, 3.63) is 53.9 Å². The molecule has 0 bridgehead atoms. The van der Waals surface area contributed by atoms with Crippen LogP contribution in [0.25, 0.3) is 10.8 Å². The fourth-order valence-electron chi connectivity index (χ4n) is 3.77. The Bertz CT molecular complexity index is 1080. The van der Waals surface area contributed by atoms with E-state index in [9.17, 15) is 8.42 Å². The molecule has 0 amide bonds. The van der Waals surface area contributed by atoms with Crippen LogP contribution >= 0.6 is 0 Å². The molecule has 1 fully saturated rings. The molecule has 8 heteroatoms. The van der Waals surface area contributed by atoms with Crippen molar-refractivity contribution < 1.29 is 17.7 Å². The third-order valence-electron chi connectivity index (χ3n) is 5.31. The van der Waals surface area contributed by atoms with Crippen LogP contribution in [0.4, 0.5) is 0 Å². The number of aromatic nitrogens is 1. The summed E-state index contributed by atoms with van der Waals surface area (Å²) in [6, 6.07) is 14.2. The van der Waals surface area contributed by atoms with Crippen LogP contribution in [0, 0.1) is 13.8 Å². The SMILES string of the molecule is Cc1noc(C)c1S(=O)(=O)N1CCN(CCOc2cccc3ccccc23)CC1. The van der Waals surface area contributed by atoms with Gasteiger partial charge >= 0.3 is 0 Å². The highest BCUT2D eigenvalue weighted by molar-refractivity contribution is 7.89. The molecule has 29 heavy (non-hydrogen) atoms. The van der Waals surface area contributed by atoms with Crippen LogP contribution in [0.2, 0.25) is 0 Å². The van der Waals surface area contributed by atoms with Crippen molar-refractivity contribution in [3.63, 3.8) is 0 Å². The lowest BCUT2D eigenvalue weighted by atomic mass is 10.1. The predicted octanol–water partition coefficient (Wildman–Crippen LogP) is 2.83. The number of fused-ring (bicyclic) bond motifs is 1. The van der Waals surface area contributed by atoms with Crippen LogP contribution in [0.3, 0.4) is 0 Å². The molecular weight excluding hydrogens is 390 g/mol. The lowest BCUT2D eigenvalue weighted by molar-refractivity contribution is 0.159. The fraction of sp³-hybridized carbons (Fsp3) is 0.381. The molecule has 3 aromatic rings. The predicted molar refractivity (Wildman–Crippen MR) is 111 cm³/mol. The van der Waals surface area contributed by atoms with Gasteiger partial charge in [0.25, 0.3) is 0 Å². The van der Waals surface area contributed by atoms with E-state index in [2.05, 4.69) is 28.3 Å². The normalized spacial score (nSPS) is 16.3. The van der Waals surface area contributed by atoms with Crippen molar-refractivity contribution in [1.82, 2.24) is 14.4 Å². The summed E-state index contributed by atoms with van der Waals surface area (Å²) in [5.41, 5.74) is 0.411. The fourth-order valence-corrected chi connectivity index (χ4v) is 5.49. The summed E-state index contributed by atoms with van der Waals surface area (Å²) in [5.74, 6) is 1.22. The van der Waals surface area contributed by atoms with Crippen LogP contribution in [-0.4, -0.2) is 62.1 Å². The Morgan fingerprint density at radius 2 is 1.76 bits per heavy atom. The first-order valence-corrected chi connectivity index (χ1v) is 11.2. The minimum atomic E-state index is -3.57. The number of hydrogen-bond acceptors (Lipinski definition) is 6. The van der Waals surface area contributed by atoms with Gasteiger partial charge < -0.3 is 9.26 Å². The topological polar surface area (TPSA) is 75.9 Å². The van der Waals surface area contributed by atoms with E-state index in [1.807, 2.05) is 24.3 Å². The molecule has 1 aliphatic heterocycles. The molecule has 1 aliphatic rings. The van der Waals surface area contributed by atoms with Crippen molar-refractivity contribution >= 4 is 20.8 Å². The summed E-state index contributed by atoms with van der Waals surface area (Å²) >= 11 is 0. The molecule has 2 heterocycles. The lowest BCUT2D eigenvalue weighted by Crippen LogP contribution is -2.49. The Kier molecular flexibility index (Phi) is 5.58. The maximum Gasteiger partial charge on any atom is 0.248 e. The third kappa shape index (κ3) is 4.01. The van der Waals surface area contributed by atoms with Gasteiger partial charge in [-0.15, -0.1) is 0 Å². The van der Waals surface area contributed by atoms with Gasteiger partial charge in [-0.25, -0.2) is 8.42 Å². The van der Waals surface area contributed by atoms with E-state index in [1.54, 1.807) is 13.8 Å². The number of nitrogens with zero attached hydrogens (tertiary/aromatic N) is 3. The Balaban J connectivity index is 1.32. The van der Waals surface area contributed by atoms with Gasteiger partial charge in [0.05, 0.1) is 0 Å². The second kappa shape index (κ2) is 8.14. The average Bonchev–Trinajstić information content (AvgIpc) is 3.07. The zero-order chi connectivity index (χ0) is 20.4. The molecule has 0 radical (unpaired) electrons. The Morgan fingerprint density at radius 1 is 1.03 bits per heavy atom. The molecule has 0 atom stereocenters. The van der Waals surface area contributed by atoms with Gasteiger partial charge in [-0.05, 0) is 25.3 Å². The molecule has 154 valence electrons. The Morgan fingerprint density at radius 3 is 2.48 bits per heavy atom. The van der Waals surface area contributed by atoms with Crippen molar-refractivity contribution in [2.24, 2.45) is 0 Å². The van der Waals surface area contributed by atoms with Crippen LogP contribution in [0.5, 0.6) is 5.75 Å². The monoisotopic (exact) mass is 415 g/mol. The smallest absolute Gasteiger partial charge is 0.248 e. The molecule has 2 aromatic carbocycles. The summed E-state index contributed by atoms with van der Waals surface area (Å²) in [4.78, 5) is 2.43. The van der Waals surface area contributed by atoms with Crippen molar-refractivity contribution in [2.45, 2.75) is 18.7 Å². The van der Waals surface area contributed by atoms with E-state index >= 15 is 0 Å². The molecule has 1 saturated heterocycles. The first kappa shape index (κ1) is 19.9. The number of ether oxygens (including phenoxy) is 1. The molecule has 0 spiro atoms. The highest BCUT2D eigenvalue weighted by Crippen LogP contribution is 2.26. The molecule has 0 unspecified atom stereocenters. The minimum absolute atomic E-state index is 0.199. The largest absolute Gasteiger partial charge is 0.492 e. The van der Waals surface area contributed by atoms with Crippen LogP contribution in [0.1, 0.15) is 11.5 Å². The second-order valence-electron chi connectivity index (χ2n) is 7.22. The van der Waals surface area contributed by atoms with Gasteiger partial charge in [-0.3, -0.25) is 4.90 Å². The van der Waals surface area contributed by atoms with Gasteiger partial charge in [0, 0.05) is 38.1 Å². The van der Waals surface area contributed by atoms with Gasteiger partial charge in [0.2, 0.25) is 10.0 Å². The van der Waals surface area contributed by atoms with E-state index in [4.69, 9.17) is 9.26 Å². The number of benzene rings is 2. The molecule has 0 N–H and O–H groups in total. The maximum absolute atomic E-state index is 12.9. The quantitative estimate of drug-likeness (QED) is 0.616. The number of aryl methyl sites for hydroxylation is 2. The van der Waals surface area contributed by atoms with Crippen LogP contribution in [-0.2, 0) is 10.0 Å². The van der Waals surface area contributed by atoms with Gasteiger partial charge in [-0.2, -0.15) is 4.31 Å². The average molecular weight is 416 g/mol. The van der Waals surface area contributed by atoms with E-state index in [0.29, 0.717) is 44.2 Å². The first-order valence-electron chi connectivity index (χ1n) is 9.73. The number of hydrogen-bond donors (Lipinski definition) is 0. The van der Waals surface area contributed by atoms with Gasteiger partial charge in [0.15, 0.2) is 5.76 Å². The summed E-state index contributed by atoms with van der Waals surface area (Å²) in [7, 11) is -3.57. The molecule has 0 saturated carbocycles. The first-order chi connectivity index (χ1) is 14.0. The summed E-state index contributed by atoms with van der Waals surface area (Å²) in [6.45, 7) is 6.83. The van der Waals surface area contributed by atoms with Crippen molar-refractivity contribution in [2.75, 3.05) is 39.3 Å². The van der Waals surface area contributed by atoms with E-state index < -0.39 is 10.0 Å². The summed E-state index contributed by atoms with van der Waals surface area (Å²) in [6.07, 6.45) is 0. The Labute approximate surface area is 170 Å². The highest BCUT2D eigenvalue weighted by Gasteiger charge is 2.33. The van der Waals surface area contributed by atoms with Crippen LogP contribution < -0.4 is 4.74 Å². The summed E-state index contributed by atoms with van der Waals surface area (Å²) in [5, 5.41) is 6.03. The number of piperazine rings is 1. The van der Waals surface area contributed by atoms with Gasteiger partial charge in [0.1, 0.15) is 22.9 Å². The third-order valence-corrected chi connectivity index (χ3v) is 7.46. The molecule has 0 aliphatic carbocycles. The van der Waals surface area contributed by atoms with Gasteiger partial charge in [-0.1, -0.05) is 41.6 Å². The standard InChI is InChI=1S/C21H25N3O4S/c1-16-21(17(2)28-22-16)29(25,26)24-12-10-23(11-13-24)14-15-27-20-9-5-7-18-6-3-4-8-19(18)20/h3-9H,10-15H2,1-2H3. The zero-order valence-corrected chi connectivity index (χ0v) is 17.5. The number of sulfonamides is 1. The van der Waals surface area contributed by atoms with E-state index in [0.717, 1.165) is 23.1 Å². The molecular formula is C21H25N3O4S. The number of rotatable bonds is 6. The van der Waals surface area contributed by atoms with Crippen molar-refractivity contribution in [1.29, 1.82) is 0 Å². The molecule has 7 nitrogen and oxygen atoms in total. The molecule has 1 aromatic heterocycles. The highest BCUT2D eigenvalue weighted by atomic mass is 32.2. The second-order valence-corrected chi connectivity index (χ2v) is 9.10. The van der Waals surface area contributed by atoms with E-state index in [1.165, 1.54) is 4.31 Å². The maximum atomic E-state index is 12.9. The summed E-state index contributed by atoms with van der Waals surface area (Å²) < 4.78 is 38.4. The Hall–Kier alpha value is -2.42. The lowest BCUT2D eigenvalue weighted by Gasteiger charge is -2.33. The molecule has 4 rings (SSSR count).